The van der Waals surface area contributed by atoms with Crippen LogP contribution in [0.15, 0.2) is 35.4 Å². The van der Waals surface area contributed by atoms with Crippen LogP contribution in [0.4, 0.5) is 0 Å². The first-order valence-electron chi connectivity index (χ1n) is 7.59. The maximum absolute atomic E-state index is 12.5. The molecule has 0 aliphatic rings. The molecular weight excluding hydrogens is 326 g/mol. The van der Waals surface area contributed by atoms with Gasteiger partial charge in [-0.15, -0.1) is 0 Å². The molecule has 0 saturated carbocycles. The van der Waals surface area contributed by atoms with E-state index in [1.165, 1.54) is 10.7 Å². The lowest BCUT2D eigenvalue weighted by Gasteiger charge is -2.09. The Morgan fingerprint density at radius 3 is 2.68 bits per heavy atom. The van der Waals surface area contributed by atoms with Crippen molar-refractivity contribution >= 4 is 11.6 Å². The summed E-state index contributed by atoms with van der Waals surface area (Å²) in [7, 11) is 3.10. The standard InChI is InChI=1S/C17H17N3O5/c1-4-25-17(22)12-8-18-15-11(9-19-20(15)16(12)21)10-5-6-13(23-2)14(7-10)24-3/h5-9,19H,4H2,1-3H3. The Balaban J connectivity index is 2.12. The number of rotatable bonds is 5. The molecule has 0 unspecified atom stereocenters. The number of ether oxygens (including phenoxy) is 3. The number of hydrogen-bond donors (Lipinski definition) is 1. The average molecular weight is 343 g/mol. The van der Waals surface area contributed by atoms with Crippen molar-refractivity contribution in [1.29, 1.82) is 0 Å². The Hall–Kier alpha value is -3.29. The topological polar surface area (TPSA) is 94.9 Å². The molecule has 8 heteroatoms. The molecule has 25 heavy (non-hydrogen) atoms. The van der Waals surface area contributed by atoms with Gasteiger partial charge in [-0.2, -0.15) is 0 Å². The van der Waals surface area contributed by atoms with Gasteiger partial charge < -0.3 is 14.2 Å². The van der Waals surface area contributed by atoms with E-state index in [9.17, 15) is 9.59 Å². The van der Waals surface area contributed by atoms with Crippen LogP contribution >= 0.6 is 0 Å². The molecule has 8 nitrogen and oxygen atoms in total. The Morgan fingerprint density at radius 1 is 1.24 bits per heavy atom. The number of benzene rings is 1. The van der Waals surface area contributed by atoms with E-state index in [0.29, 0.717) is 22.7 Å². The molecule has 3 aromatic rings. The summed E-state index contributed by atoms with van der Waals surface area (Å²) in [6.45, 7) is 1.86. The van der Waals surface area contributed by atoms with E-state index < -0.39 is 11.5 Å². The Morgan fingerprint density at radius 2 is 2.00 bits per heavy atom. The van der Waals surface area contributed by atoms with E-state index in [0.717, 1.165) is 5.56 Å². The molecule has 3 rings (SSSR count). The van der Waals surface area contributed by atoms with Crippen molar-refractivity contribution in [1.82, 2.24) is 14.6 Å². The Labute approximate surface area is 143 Å². The molecule has 0 radical (unpaired) electrons. The summed E-state index contributed by atoms with van der Waals surface area (Å²) in [5, 5.41) is 2.82. The van der Waals surface area contributed by atoms with E-state index in [2.05, 4.69) is 10.1 Å². The first-order chi connectivity index (χ1) is 12.1. The summed E-state index contributed by atoms with van der Waals surface area (Å²) < 4.78 is 16.6. The lowest BCUT2D eigenvalue weighted by Crippen LogP contribution is -2.24. The number of esters is 1. The zero-order valence-electron chi connectivity index (χ0n) is 14.0. The molecule has 1 N–H and O–H groups in total. The smallest absolute Gasteiger partial charge is 0.345 e. The van der Waals surface area contributed by atoms with Gasteiger partial charge in [0.05, 0.1) is 20.8 Å². The highest BCUT2D eigenvalue weighted by Crippen LogP contribution is 2.33. The summed E-state index contributed by atoms with van der Waals surface area (Å²) in [6, 6.07) is 5.38. The van der Waals surface area contributed by atoms with E-state index >= 15 is 0 Å². The number of nitrogens with zero attached hydrogens (tertiary/aromatic N) is 2. The lowest BCUT2D eigenvalue weighted by atomic mass is 10.1. The third-order valence-electron chi connectivity index (χ3n) is 3.73. The van der Waals surface area contributed by atoms with Gasteiger partial charge in [0.1, 0.15) is 5.56 Å². The van der Waals surface area contributed by atoms with Crippen LogP contribution in [0.1, 0.15) is 17.3 Å². The van der Waals surface area contributed by atoms with Gasteiger partial charge in [0, 0.05) is 18.0 Å². The van der Waals surface area contributed by atoms with Crippen LogP contribution in [-0.4, -0.2) is 41.4 Å². The van der Waals surface area contributed by atoms with Crippen LogP contribution in [0.25, 0.3) is 16.8 Å². The van der Waals surface area contributed by atoms with E-state index in [1.807, 2.05) is 6.07 Å². The Bertz CT molecular complexity index is 990. The maximum Gasteiger partial charge on any atom is 0.345 e. The van der Waals surface area contributed by atoms with Gasteiger partial charge in [-0.05, 0) is 24.6 Å². The second-order valence-corrected chi connectivity index (χ2v) is 5.11. The van der Waals surface area contributed by atoms with Gasteiger partial charge in [0.2, 0.25) is 0 Å². The number of fused-ring (bicyclic) bond motifs is 1. The monoisotopic (exact) mass is 343 g/mol. The number of H-pyrrole nitrogens is 1. The van der Waals surface area contributed by atoms with Crippen LogP contribution in [0.5, 0.6) is 11.5 Å². The summed E-state index contributed by atoms with van der Waals surface area (Å²) in [6.07, 6.45) is 2.87. The number of aromatic amines is 1. The van der Waals surface area contributed by atoms with Crippen LogP contribution in [0.2, 0.25) is 0 Å². The highest BCUT2D eigenvalue weighted by atomic mass is 16.5. The van der Waals surface area contributed by atoms with Crippen molar-refractivity contribution in [2.24, 2.45) is 0 Å². The molecular formula is C17H17N3O5. The zero-order valence-corrected chi connectivity index (χ0v) is 14.0. The largest absolute Gasteiger partial charge is 0.493 e. The first-order valence-corrected chi connectivity index (χ1v) is 7.59. The minimum absolute atomic E-state index is 0.125. The van der Waals surface area contributed by atoms with Gasteiger partial charge in [-0.3, -0.25) is 9.89 Å². The van der Waals surface area contributed by atoms with Crippen molar-refractivity contribution in [3.8, 4) is 22.6 Å². The summed E-state index contributed by atoms with van der Waals surface area (Å²) in [4.78, 5) is 28.5. The predicted octanol–water partition coefficient (Wildman–Crippen LogP) is 1.88. The minimum Gasteiger partial charge on any atom is -0.493 e. The molecule has 0 fully saturated rings. The molecule has 0 spiro atoms. The van der Waals surface area contributed by atoms with Gasteiger partial charge in [0.15, 0.2) is 17.1 Å². The van der Waals surface area contributed by atoms with Gasteiger partial charge in [0.25, 0.3) is 5.56 Å². The molecule has 0 amide bonds. The normalized spacial score (nSPS) is 10.7. The number of carbonyl (C=O) groups is 1. The quantitative estimate of drug-likeness (QED) is 0.711. The maximum atomic E-state index is 12.5. The lowest BCUT2D eigenvalue weighted by molar-refractivity contribution is 0.0523. The molecule has 0 aliphatic carbocycles. The average Bonchev–Trinajstić information content (AvgIpc) is 3.06. The van der Waals surface area contributed by atoms with E-state index in [4.69, 9.17) is 14.2 Å². The van der Waals surface area contributed by atoms with Crippen molar-refractivity contribution in [3.63, 3.8) is 0 Å². The highest BCUT2D eigenvalue weighted by molar-refractivity contribution is 5.89. The molecule has 2 aromatic heterocycles. The third kappa shape index (κ3) is 2.82. The number of aromatic nitrogens is 3. The first kappa shape index (κ1) is 16.6. The summed E-state index contributed by atoms with van der Waals surface area (Å²) >= 11 is 0. The molecule has 2 heterocycles. The number of carbonyl (C=O) groups excluding carboxylic acids is 1. The Kier molecular flexibility index (Phi) is 4.42. The predicted molar refractivity (Wildman–Crippen MR) is 90.3 cm³/mol. The van der Waals surface area contributed by atoms with Crippen LogP contribution in [0, 0.1) is 0 Å². The second kappa shape index (κ2) is 6.68. The van der Waals surface area contributed by atoms with Crippen LogP contribution in [0.3, 0.4) is 0 Å². The summed E-state index contributed by atoms with van der Waals surface area (Å²) in [5.74, 6) is 0.460. The zero-order chi connectivity index (χ0) is 18.0. The third-order valence-corrected chi connectivity index (χ3v) is 3.73. The van der Waals surface area contributed by atoms with Gasteiger partial charge in [-0.25, -0.2) is 14.3 Å². The molecule has 1 aromatic carbocycles. The van der Waals surface area contributed by atoms with Crippen molar-refractivity contribution in [3.05, 3.63) is 46.5 Å². The SMILES string of the molecule is CCOC(=O)c1cnc2c(-c3ccc(OC)c(OC)c3)c[nH]n2c1=O. The molecule has 0 saturated heterocycles. The minimum atomic E-state index is -0.698. The van der Waals surface area contributed by atoms with E-state index in [1.54, 1.807) is 39.5 Å². The number of methoxy groups -OCH3 is 2. The fourth-order valence-electron chi connectivity index (χ4n) is 2.52. The fraction of sp³-hybridized carbons (Fsp3) is 0.235. The van der Waals surface area contributed by atoms with Gasteiger partial charge >= 0.3 is 5.97 Å². The fourth-order valence-corrected chi connectivity index (χ4v) is 2.52. The number of hydrogen-bond acceptors (Lipinski definition) is 6. The van der Waals surface area contributed by atoms with Crippen molar-refractivity contribution < 1.29 is 19.0 Å². The van der Waals surface area contributed by atoms with Gasteiger partial charge in [-0.1, -0.05) is 6.07 Å². The van der Waals surface area contributed by atoms with Crippen LogP contribution in [-0.2, 0) is 4.74 Å². The molecule has 0 aliphatic heterocycles. The van der Waals surface area contributed by atoms with Crippen molar-refractivity contribution in [2.75, 3.05) is 20.8 Å². The molecule has 0 bridgehead atoms. The summed E-state index contributed by atoms with van der Waals surface area (Å²) in [5.41, 5.74) is 1.22. The van der Waals surface area contributed by atoms with Crippen LogP contribution < -0.4 is 15.0 Å². The second-order valence-electron chi connectivity index (χ2n) is 5.11. The van der Waals surface area contributed by atoms with Crippen molar-refractivity contribution in [2.45, 2.75) is 6.92 Å². The number of nitrogens with one attached hydrogen (secondary N) is 1. The molecule has 0 atom stereocenters. The highest BCUT2D eigenvalue weighted by Gasteiger charge is 2.18. The van der Waals surface area contributed by atoms with E-state index in [-0.39, 0.29) is 12.2 Å². The molecule has 130 valence electrons.